The zero-order chi connectivity index (χ0) is 25.3. The first-order valence-corrected chi connectivity index (χ1v) is 13.6. The van der Waals surface area contributed by atoms with Crippen molar-refractivity contribution in [3.05, 3.63) is 65.2 Å². The van der Waals surface area contributed by atoms with Crippen LogP contribution in [-0.2, 0) is 32.6 Å². The highest BCUT2D eigenvalue weighted by molar-refractivity contribution is 7.92. The summed E-state index contributed by atoms with van der Waals surface area (Å²) in [6.45, 7) is 6.41. The average Bonchev–Trinajstić information content (AvgIpc) is 2.81. The first-order chi connectivity index (χ1) is 16.1. The van der Waals surface area contributed by atoms with E-state index in [9.17, 15) is 18.0 Å². The molecule has 0 saturated carbocycles. The molecule has 2 aromatic carbocycles. The molecule has 2 aromatic rings. The van der Waals surface area contributed by atoms with Crippen molar-refractivity contribution in [2.24, 2.45) is 0 Å². The lowest BCUT2D eigenvalue weighted by atomic mass is 10.1. The molecular weight excluding hydrogens is 450 g/mol. The van der Waals surface area contributed by atoms with Gasteiger partial charge in [-0.15, -0.1) is 0 Å². The van der Waals surface area contributed by atoms with Gasteiger partial charge in [0.2, 0.25) is 21.8 Å². The van der Waals surface area contributed by atoms with E-state index in [4.69, 9.17) is 0 Å². The topological polar surface area (TPSA) is 86.8 Å². The number of amides is 2. The maximum atomic E-state index is 13.3. The van der Waals surface area contributed by atoms with Crippen molar-refractivity contribution in [2.75, 3.05) is 24.2 Å². The van der Waals surface area contributed by atoms with Crippen molar-refractivity contribution in [1.82, 2.24) is 10.2 Å². The summed E-state index contributed by atoms with van der Waals surface area (Å²) in [6, 6.07) is 14.6. The number of sulfonamides is 1. The Hall–Kier alpha value is -2.87. The summed E-state index contributed by atoms with van der Waals surface area (Å²) >= 11 is 0. The van der Waals surface area contributed by atoms with Crippen LogP contribution in [0, 0.1) is 6.92 Å². The van der Waals surface area contributed by atoms with Gasteiger partial charge >= 0.3 is 0 Å². The molecule has 34 heavy (non-hydrogen) atoms. The highest BCUT2D eigenvalue weighted by Gasteiger charge is 2.28. The zero-order valence-corrected chi connectivity index (χ0v) is 21.7. The van der Waals surface area contributed by atoms with Gasteiger partial charge in [0.15, 0.2) is 0 Å². The number of likely N-dealkylation sites (N-methyl/N-ethyl adjacent to an activating group) is 1. The number of aryl methyl sites for hydroxylation is 2. The van der Waals surface area contributed by atoms with E-state index in [0.29, 0.717) is 25.1 Å². The number of hydrogen-bond acceptors (Lipinski definition) is 4. The minimum absolute atomic E-state index is 0.137. The van der Waals surface area contributed by atoms with E-state index in [1.165, 1.54) is 10.6 Å². The van der Waals surface area contributed by atoms with Crippen molar-refractivity contribution in [3.8, 4) is 0 Å². The standard InChI is InChI=1S/C26H37N3O4S/c1-6-21-14-16-23(17-15-21)29(34(5,32)33)18-10-13-25(30)28(24(7-2)26(31)27-4)19-22-12-9-8-11-20(22)3/h8-9,11-12,14-17,24H,6-7,10,13,18-19H2,1-5H3,(H,27,31)/t24-/m0/s1. The molecule has 0 saturated heterocycles. The number of carbonyl (C=O) groups excluding carboxylic acids is 2. The van der Waals surface area contributed by atoms with E-state index < -0.39 is 16.1 Å². The Kier molecular flexibility index (Phi) is 10.1. The van der Waals surface area contributed by atoms with Crippen LogP contribution in [0.25, 0.3) is 0 Å². The van der Waals surface area contributed by atoms with Crippen LogP contribution in [0.5, 0.6) is 0 Å². The second-order valence-corrected chi connectivity index (χ2v) is 10.4. The molecule has 186 valence electrons. The third kappa shape index (κ3) is 7.32. The van der Waals surface area contributed by atoms with Gasteiger partial charge in [-0.3, -0.25) is 13.9 Å². The predicted molar refractivity (Wildman–Crippen MR) is 137 cm³/mol. The second kappa shape index (κ2) is 12.6. The number of hydrogen-bond donors (Lipinski definition) is 1. The largest absolute Gasteiger partial charge is 0.357 e. The van der Waals surface area contributed by atoms with Crippen LogP contribution >= 0.6 is 0 Å². The van der Waals surface area contributed by atoms with E-state index in [1.54, 1.807) is 24.1 Å². The summed E-state index contributed by atoms with van der Waals surface area (Å²) in [4.78, 5) is 27.4. The molecule has 0 heterocycles. The summed E-state index contributed by atoms with van der Waals surface area (Å²) in [5, 5.41) is 2.66. The van der Waals surface area contributed by atoms with Crippen LogP contribution in [-0.4, -0.2) is 51.0 Å². The predicted octanol–water partition coefficient (Wildman–Crippen LogP) is 3.66. The Morgan fingerprint density at radius 3 is 2.21 bits per heavy atom. The van der Waals surface area contributed by atoms with Crippen molar-refractivity contribution >= 4 is 27.5 Å². The van der Waals surface area contributed by atoms with Gasteiger partial charge in [0.25, 0.3) is 0 Å². The molecule has 2 rings (SSSR count). The number of carbonyl (C=O) groups is 2. The van der Waals surface area contributed by atoms with Gasteiger partial charge in [0, 0.05) is 26.6 Å². The average molecular weight is 488 g/mol. The number of nitrogens with zero attached hydrogens (tertiary/aromatic N) is 2. The smallest absolute Gasteiger partial charge is 0.242 e. The Morgan fingerprint density at radius 2 is 1.68 bits per heavy atom. The van der Waals surface area contributed by atoms with Crippen LogP contribution in [0.2, 0.25) is 0 Å². The molecule has 1 atom stereocenters. The SMILES string of the molecule is CCc1ccc(N(CCCC(=O)N(Cc2ccccc2C)[C@@H](CC)C(=O)NC)S(C)(=O)=O)cc1. The highest BCUT2D eigenvalue weighted by Crippen LogP contribution is 2.21. The van der Waals surface area contributed by atoms with Crippen LogP contribution in [0.4, 0.5) is 5.69 Å². The fraction of sp³-hybridized carbons (Fsp3) is 0.462. The summed E-state index contributed by atoms with van der Waals surface area (Å²) in [6.07, 6.45) is 3.00. The lowest BCUT2D eigenvalue weighted by molar-refractivity contribution is -0.141. The lowest BCUT2D eigenvalue weighted by Gasteiger charge is -2.31. The van der Waals surface area contributed by atoms with Crippen LogP contribution < -0.4 is 9.62 Å². The fourth-order valence-electron chi connectivity index (χ4n) is 3.96. The maximum absolute atomic E-state index is 13.3. The minimum Gasteiger partial charge on any atom is -0.357 e. The summed E-state index contributed by atoms with van der Waals surface area (Å²) in [7, 11) is -1.94. The van der Waals surface area contributed by atoms with Gasteiger partial charge in [-0.05, 0) is 55.0 Å². The zero-order valence-electron chi connectivity index (χ0n) is 20.9. The molecule has 0 radical (unpaired) electrons. The van der Waals surface area contributed by atoms with Crippen molar-refractivity contribution in [1.29, 1.82) is 0 Å². The number of benzene rings is 2. The highest BCUT2D eigenvalue weighted by atomic mass is 32.2. The lowest BCUT2D eigenvalue weighted by Crippen LogP contribution is -2.48. The first kappa shape index (κ1) is 27.4. The molecule has 1 N–H and O–H groups in total. The monoisotopic (exact) mass is 487 g/mol. The van der Waals surface area contributed by atoms with Gasteiger partial charge in [-0.1, -0.05) is 50.2 Å². The van der Waals surface area contributed by atoms with E-state index in [0.717, 1.165) is 23.1 Å². The molecule has 0 aliphatic heterocycles. The molecule has 0 aliphatic carbocycles. The Labute approximate surface area is 204 Å². The normalized spacial score (nSPS) is 12.1. The summed E-state index contributed by atoms with van der Waals surface area (Å²) in [5.74, 6) is -0.383. The van der Waals surface area contributed by atoms with Crippen LogP contribution in [0.3, 0.4) is 0 Å². The van der Waals surface area contributed by atoms with E-state index >= 15 is 0 Å². The van der Waals surface area contributed by atoms with Crippen molar-refractivity contribution in [2.45, 2.75) is 59.0 Å². The molecule has 0 aliphatic rings. The Balaban J connectivity index is 2.19. The van der Waals surface area contributed by atoms with Gasteiger partial charge in [0.1, 0.15) is 6.04 Å². The van der Waals surface area contributed by atoms with Crippen molar-refractivity contribution in [3.63, 3.8) is 0 Å². The minimum atomic E-state index is -3.50. The van der Waals surface area contributed by atoms with E-state index in [2.05, 4.69) is 5.32 Å². The molecule has 7 nitrogen and oxygen atoms in total. The quantitative estimate of drug-likeness (QED) is 0.495. The first-order valence-electron chi connectivity index (χ1n) is 11.7. The molecule has 0 unspecified atom stereocenters. The molecule has 8 heteroatoms. The molecular formula is C26H37N3O4S. The molecule has 2 amide bonds. The molecule has 0 spiro atoms. The van der Waals surface area contributed by atoms with Crippen LogP contribution in [0.15, 0.2) is 48.5 Å². The molecule has 0 aromatic heterocycles. The molecule has 0 bridgehead atoms. The number of anilines is 1. The Bertz CT molecular complexity index is 1070. The van der Waals surface area contributed by atoms with Crippen LogP contribution in [0.1, 0.15) is 49.8 Å². The number of rotatable bonds is 12. The maximum Gasteiger partial charge on any atom is 0.242 e. The number of nitrogens with one attached hydrogen (secondary N) is 1. The van der Waals surface area contributed by atoms with Gasteiger partial charge in [0.05, 0.1) is 11.9 Å². The van der Waals surface area contributed by atoms with E-state index in [-0.39, 0.29) is 24.8 Å². The third-order valence-corrected chi connectivity index (χ3v) is 7.21. The Morgan fingerprint density at radius 1 is 1.03 bits per heavy atom. The molecule has 0 fully saturated rings. The van der Waals surface area contributed by atoms with Gasteiger partial charge < -0.3 is 10.2 Å². The van der Waals surface area contributed by atoms with Crippen molar-refractivity contribution < 1.29 is 18.0 Å². The summed E-state index contributed by atoms with van der Waals surface area (Å²) < 4.78 is 26.2. The third-order valence-electron chi connectivity index (χ3n) is 6.02. The fourth-order valence-corrected chi connectivity index (χ4v) is 4.92. The van der Waals surface area contributed by atoms with Gasteiger partial charge in [-0.25, -0.2) is 8.42 Å². The summed E-state index contributed by atoms with van der Waals surface area (Å²) in [5.41, 5.74) is 3.73. The second-order valence-electron chi connectivity index (χ2n) is 8.45. The van der Waals surface area contributed by atoms with E-state index in [1.807, 2.05) is 57.2 Å². The van der Waals surface area contributed by atoms with Gasteiger partial charge in [-0.2, -0.15) is 0 Å².